The third-order valence-corrected chi connectivity index (χ3v) is 2.53. The van der Waals surface area contributed by atoms with Crippen LogP contribution in [0.15, 0.2) is 36.4 Å². The zero-order chi connectivity index (χ0) is 16.9. The third-order valence-electron chi connectivity index (χ3n) is 2.53. The molecule has 2 aromatic carbocycles. The Morgan fingerprint density at radius 1 is 0.818 bits per heavy atom. The quantitative estimate of drug-likeness (QED) is 0.357. The summed E-state index contributed by atoms with van der Waals surface area (Å²) in [5, 5.41) is 34.9. The number of nitrogen functional groups attached to an aromatic ring is 2. The summed E-state index contributed by atoms with van der Waals surface area (Å²) in [6, 6.07) is 7.66. The second kappa shape index (κ2) is 6.84. The van der Waals surface area contributed by atoms with Gasteiger partial charge >= 0.3 is 11.9 Å². The highest BCUT2D eigenvalue weighted by Gasteiger charge is 2.07. The number of phenolic OH excluding ortho intramolecular Hbond substituents is 1. The molecular weight excluding hydrogens is 292 g/mol. The molecule has 0 saturated carbocycles. The minimum absolute atomic E-state index is 0.0247. The van der Waals surface area contributed by atoms with Gasteiger partial charge in [-0.3, -0.25) is 0 Å². The Hall–Kier alpha value is -3.42. The van der Waals surface area contributed by atoms with E-state index in [1.807, 2.05) is 0 Å². The van der Waals surface area contributed by atoms with Crippen molar-refractivity contribution in [3.63, 3.8) is 0 Å². The normalized spacial score (nSPS) is 9.45. The minimum atomic E-state index is -1.16. The first kappa shape index (κ1) is 16.6. The van der Waals surface area contributed by atoms with E-state index in [2.05, 4.69) is 0 Å². The van der Waals surface area contributed by atoms with E-state index in [1.54, 1.807) is 0 Å². The Labute approximate surface area is 124 Å². The first-order valence-corrected chi connectivity index (χ1v) is 5.86. The van der Waals surface area contributed by atoms with Gasteiger partial charge in [-0.25, -0.2) is 9.59 Å². The summed E-state index contributed by atoms with van der Waals surface area (Å²) in [7, 11) is 0. The second-order valence-electron chi connectivity index (χ2n) is 4.16. The van der Waals surface area contributed by atoms with Crippen LogP contribution >= 0.6 is 0 Å². The van der Waals surface area contributed by atoms with Gasteiger partial charge in [0, 0.05) is 11.8 Å². The van der Waals surface area contributed by atoms with Crippen LogP contribution in [0.2, 0.25) is 0 Å². The molecule has 0 aliphatic rings. The number of nitrogens with two attached hydrogens (primary N) is 2. The number of carboxylic acids is 2. The molecule has 2 rings (SSSR count). The number of anilines is 2. The SMILES string of the molecule is Nc1ccc(C(=O)O)c(O)c1.Nc1ccc(C(=O)O)cc1O. The summed E-state index contributed by atoms with van der Waals surface area (Å²) in [4.78, 5) is 20.6. The van der Waals surface area contributed by atoms with Crippen LogP contribution in [0.5, 0.6) is 11.5 Å². The van der Waals surface area contributed by atoms with Crippen LogP contribution < -0.4 is 11.5 Å². The van der Waals surface area contributed by atoms with Crippen molar-refractivity contribution in [2.45, 2.75) is 0 Å². The molecular formula is C14H14N2O6. The molecule has 22 heavy (non-hydrogen) atoms. The second-order valence-corrected chi connectivity index (χ2v) is 4.16. The number of rotatable bonds is 2. The van der Waals surface area contributed by atoms with E-state index >= 15 is 0 Å². The molecule has 0 aliphatic carbocycles. The van der Waals surface area contributed by atoms with Crippen molar-refractivity contribution >= 4 is 23.3 Å². The molecule has 0 aliphatic heterocycles. The van der Waals surface area contributed by atoms with Crippen molar-refractivity contribution in [3.05, 3.63) is 47.5 Å². The van der Waals surface area contributed by atoms with E-state index in [1.165, 1.54) is 30.3 Å². The van der Waals surface area contributed by atoms with Crippen molar-refractivity contribution in [1.29, 1.82) is 0 Å². The Bertz CT molecular complexity index is 714. The van der Waals surface area contributed by atoms with E-state index in [9.17, 15) is 9.59 Å². The fourth-order valence-corrected chi connectivity index (χ4v) is 1.41. The Morgan fingerprint density at radius 3 is 1.91 bits per heavy atom. The van der Waals surface area contributed by atoms with Crippen LogP contribution in [-0.2, 0) is 0 Å². The molecule has 8 heteroatoms. The largest absolute Gasteiger partial charge is 0.507 e. The summed E-state index contributed by atoms with van der Waals surface area (Å²) in [5.74, 6) is -2.76. The molecule has 116 valence electrons. The van der Waals surface area contributed by atoms with Gasteiger partial charge < -0.3 is 31.9 Å². The fourth-order valence-electron chi connectivity index (χ4n) is 1.41. The molecule has 8 nitrogen and oxygen atoms in total. The van der Waals surface area contributed by atoms with Crippen molar-refractivity contribution in [1.82, 2.24) is 0 Å². The highest BCUT2D eigenvalue weighted by Crippen LogP contribution is 2.20. The van der Waals surface area contributed by atoms with Crippen LogP contribution in [0.4, 0.5) is 11.4 Å². The van der Waals surface area contributed by atoms with E-state index in [0.29, 0.717) is 5.69 Å². The summed E-state index contributed by atoms with van der Waals surface area (Å²) < 4.78 is 0. The maximum Gasteiger partial charge on any atom is 0.339 e. The van der Waals surface area contributed by atoms with Crippen molar-refractivity contribution in [3.8, 4) is 11.5 Å². The number of hydrogen-bond acceptors (Lipinski definition) is 6. The van der Waals surface area contributed by atoms with Crippen molar-refractivity contribution < 1.29 is 30.0 Å². The van der Waals surface area contributed by atoms with Gasteiger partial charge in [-0.2, -0.15) is 0 Å². The number of hydrogen-bond donors (Lipinski definition) is 6. The molecule has 2 aromatic rings. The van der Waals surface area contributed by atoms with E-state index in [-0.39, 0.29) is 28.3 Å². The average molecular weight is 306 g/mol. The highest BCUT2D eigenvalue weighted by molar-refractivity contribution is 5.91. The van der Waals surface area contributed by atoms with Gasteiger partial charge in [0.05, 0.1) is 11.3 Å². The number of carboxylic acid groups (broad SMARTS) is 2. The molecule has 8 N–H and O–H groups in total. The number of phenols is 2. The molecule has 0 aromatic heterocycles. The summed E-state index contributed by atoms with van der Waals surface area (Å²) in [5.41, 5.74) is 10.9. The highest BCUT2D eigenvalue weighted by atomic mass is 16.4. The van der Waals surface area contributed by atoms with Gasteiger partial charge in [0.15, 0.2) is 0 Å². The lowest BCUT2D eigenvalue weighted by Crippen LogP contribution is -1.97. The first-order valence-electron chi connectivity index (χ1n) is 5.86. The van der Waals surface area contributed by atoms with E-state index in [0.717, 1.165) is 6.07 Å². The Balaban J connectivity index is 0.000000220. The lowest BCUT2D eigenvalue weighted by Gasteiger charge is -1.98. The maximum absolute atomic E-state index is 10.3. The molecule has 0 spiro atoms. The smallest absolute Gasteiger partial charge is 0.339 e. The van der Waals surface area contributed by atoms with Gasteiger partial charge in [0.2, 0.25) is 0 Å². The monoisotopic (exact) mass is 306 g/mol. The third kappa shape index (κ3) is 4.30. The average Bonchev–Trinajstić information content (AvgIpc) is 2.41. The predicted molar refractivity (Wildman–Crippen MR) is 79.0 cm³/mol. The van der Waals surface area contributed by atoms with Crippen LogP contribution in [0.1, 0.15) is 20.7 Å². The molecule has 0 fully saturated rings. The molecule has 0 saturated heterocycles. The first-order chi connectivity index (χ1) is 10.2. The van der Waals surface area contributed by atoms with E-state index in [4.69, 9.17) is 31.9 Å². The van der Waals surface area contributed by atoms with Gasteiger partial charge in [-0.1, -0.05) is 0 Å². The number of carbonyl (C=O) groups is 2. The zero-order valence-electron chi connectivity index (χ0n) is 11.2. The number of aromatic hydroxyl groups is 2. The van der Waals surface area contributed by atoms with Gasteiger partial charge in [-0.05, 0) is 30.3 Å². The van der Waals surface area contributed by atoms with Crippen LogP contribution in [0, 0.1) is 0 Å². The fraction of sp³-hybridized carbons (Fsp3) is 0. The zero-order valence-corrected chi connectivity index (χ0v) is 11.2. The summed E-state index contributed by atoms with van der Waals surface area (Å²) in [6.07, 6.45) is 0. The number of benzene rings is 2. The van der Waals surface area contributed by atoms with Gasteiger partial charge in [-0.15, -0.1) is 0 Å². The summed E-state index contributed by atoms with van der Waals surface area (Å²) in [6.45, 7) is 0. The predicted octanol–water partition coefficient (Wildman–Crippen LogP) is 1.35. The Morgan fingerprint density at radius 2 is 1.45 bits per heavy atom. The maximum atomic E-state index is 10.3. The molecule has 0 heterocycles. The lowest BCUT2D eigenvalue weighted by atomic mass is 10.2. The van der Waals surface area contributed by atoms with Gasteiger partial charge in [0.25, 0.3) is 0 Å². The molecule has 0 atom stereocenters. The molecule has 0 bridgehead atoms. The lowest BCUT2D eigenvalue weighted by molar-refractivity contribution is 0.0684. The van der Waals surface area contributed by atoms with Crippen LogP contribution in [-0.4, -0.2) is 32.4 Å². The Kier molecular flexibility index (Phi) is 5.17. The van der Waals surface area contributed by atoms with Crippen LogP contribution in [0.25, 0.3) is 0 Å². The van der Waals surface area contributed by atoms with E-state index < -0.39 is 11.9 Å². The van der Waals surface area contributed by atoms with Crippen molar-refractivity contribution in [2.75, 3.05) is 11.5 Å². The number of aromatic carboxylic acids is 2. The topological polar surface area (TPSA) is 167 Å². The van der Waals surface area contributed by atoms with Crippen LogP contribution in [0.3, 0.4) is 0 Å². The molecule has 0 unspecified atom stereocenters. The molecule has 0 radical (unpaired) electrons. The van der Waals surface area contributed by atoms with Crippen molar-refractivity contribution in [2.24, 2.45) is 0 Å². The molecule has 0 amide bonds. The van der Waals surface area contributed by atoms with Gasteiger partial charge in [0.1, 0.15) is 17.1 Å². The standard InChI is InChI=1S/2C7H7NO3/c8-4-1-2-5(7(10)11)6(9)3-4;8-5-2-1-4(7(10)11)3-6(5)9/h2*1-3,9H,8H2,(H,10,11). The minimum Gasteiger partial charge on any atom is -0.507 e. The summed E-state index contributed by atoms with van der Waals surface area (Å²) >= 11 is 0.